The van der Waals surface area contributed by atoms with E-state index in [4.69, 9.17) is 4.74 Å². The second-order valence-electron chi connectivity index (χ2n) is 3.64. The Morgan fingerprint density at radius 1 is 1.31 bits per heavy atom. The molecule has 0 aromatic heterocycles. The van der Waals surface area contributed by atoms with Crippen LogP contribution < -0.4 is 0 Å². The van der Waals surface area contributed by atoms with Gasteiger partial charge in [-0.1, -0.05) is 27.2 Å². The van der Waals surface area contributed by atoms with E-state index in [1.807, 2.05) is 6.92 Å². The zero-order chi connectivity index (χ0) is 10.3. The van der Waals surface area contributed by atoms with Gasteiger partial charge in [-0.05, 0) is 18.8 Å². The molecule has 0 aliphatic rings. The van der Waals surface area contributed by atoms with Crippen LogP contribution in [0, 0.1) is 5.92 Å². The molecule has 0 amide bonds. The molecule has 0 radical (unpaired) electrons. The third kappa shape index (κ3) is 4.41. The number of methoxy groups -OCH3 is 1. The second kappa shape index (κ2) is 7.07. The van der Waals surface area contributed by atoms with Crippen molar-refractivity contribution in [3.8, 4) is 0 Å². The summed E-state index contributed by atoms with van der Waals surface area (Å²) in [7, 11) is 1.63. The Balaban J connectivity index is 4.06. The van der Waals surface area contributed by atoms with Crippen molar-refractivity contribution in [3.05, 3.63) is 0 Å². The molecule has 0 saturated carbocycles. The molecule has 78 valence electrons. The van der Waals surface area contributed by atoms with Crippen molar-refractivity contribution >= 4 is 5.78 Å². The predicted molar refractivity (Wildman–Crippen MR) is 54.8 cm³/mol. The molecule has 2 unspecified atom stereocenters. The van der Waals surface area contributed by atoms with E-state index in [9.17, 15) is 4.79 Å². The third-order valence-electron chi connectivity index (χ3n) is 2.33. The first-order valence-corrected chi connectivity index (χ1v) is 5.22. The number of ether oxygens (including phenoxy) is 1. The minimum atomic E-state index is -0.181. The van der Waals surface area contributed by atoms with Crippen LogP contribution in [0.25, 0.3) is 0 Å². The normalized spacial score (nSPS) is 15.4. The Hall–Kier alpha value is -0.370. The van der Waals surface area contributed by atoms with Crippen LogP contribution in [0.15, 0.2) is 0 Å². The van der Waals surface area contributed by atoms with Gasteiger partial charge in [-0.25, -0.2) is 0 Å². The lowest BCUT2D eigenvalue weighted by molar-refractivity contribution is -0.131. The standard InChI is InChI=1S/C11H22O2/c1-5-7-9(3)11(13-4)10(12)8-6-2/h9,11H,5-8H2,1-4H3. The second-order valence-corrected chi connectivity index (χ2v) is 3.64. The molecule has 0 bridgehead atoms. The van der Waals surface area contributed by atoms with Crippen LogP contribution in [0.3, 0.4) is 0 Å². The molecule has 0 aliphatic carbocycles. The number of ketones is 1. The van der Waals surface area contributed by atoms with Gasteiger partial charge in [-0.2, -0.15) is 0 Å². The van der Waals surface area contributed by atoms with Crippen molar-refractivity contribution in [3.63, 3.8) is 0 Å². The van der Waals surface area contributed by atoms with Gasteiger partial charge in [0.25, 0.3) is 0 Å². The molecule has 0 heterocycles. The van der Waals surface area contributed by atoms with Gasteiger partial charge in [0.1, 0.15) is 6.10 Å². The minimum absolute atomic E-state index is 0.181. The van der Waals surface area contributed by atoms with Crippen molar-refractivity contribution in [1.82, 2.24) is 0 Å². The summed E-state index contributed by atoms with van der Waals surface area (Å²) in [5.74, 6) is 0.611. The third-order valence-corrected chi connectivity index (χ3v) is 2.33. The molecule has 13 heavy (non-hydrogen) atoms. The van der Waals surface area contributed by atoms with Crippen molar-refractivity contribution in [2.45, 2.75) is 52.6 Å². The van der Waals surface area contributed by atoms with E-state index < -0.39 is 0 Å². The molecule has 0 rings (SSSR count). The van der Waals surface area contributed by atoms with E-state index in [2.05, 4.69) is 13.8 Å². The van der Waals surface area contributed by atoms with Gasteiger partial charge in [0.2, 0.25) is 0 Å². The number of hydrogen-bond acceptors (Lipinski definition) is 2. The summed E-state index contributed by atoms with van der Waals surface area (Å²) in [5, 5.41) is 0. The van der Waals surface area contributed by atoms with Crippen LogP contribution in [-0.2, 0) is 9.53 Å². The van der Waals surface area contributed by atoms with Gasteiger partial charge in [0.15, 0.2) is 5.78 Å². The Morgan fingerprint density at radius 2 is 1.92 bits per heavy atom. The van der Waals surface area contributed by atoms with Crippen LogP contribution in [0.4, 0.5) is 0 Å². The number of carbonyl (C=O) groups is 1. The van der Waals surface area contributed by atoms with E-state index >= 15 is 0 Å². The zero-order valence-electron chi connectivity index (χ0n) is 9.30. The van der Waals surface area contributed by atoms with E-state index in [1.165, 1.54) is 0 Å². The van der Waals surface area contributed by atoms with Crippen molar-refractivity contribution < 1.29 is 9.53 Å². The quantitative estimate of drug-likeness (QED) is 0.611. The summed E-state index contributed by atoms with van der Waals surface area (Å²) < 4.78 is 5.23. The average Bonchev–Trinajstić information content (AvgIpc) is 2.06. The Bertz CT molecular complexity index is 143. The maximum absolute atomic E-state index is 11.6. The molecule has 0 aromatic rings. The van der Waals surface area contributed by atoms with Gasteiger partial charge >= 0.3 is 0 Å². The first kappa shape index (κ1) is 12.6. The smallest absolute Gasteiger partial charge is 0.161 e. The molecule has 2 atom stereocenters. The number of carbonyl (C=O) groups excluding carboxylic acids is 1. The molecular weight excluding hydrogens is 164 g/mol. The Morgan fingerprint density at radius 3 is 2.31 bits per heavy atom. The van der Waals surface area contributed by atoms with Crippen LogP contribution in [0.5, 0.6) is 0 Å². The summed E-state index contributed by atoms with van der Waals surface area (Å²) in [4.78, 5) is 11.6. The first-order chi connectivity index (χ1) is 6.17. The fourth-order valence-corrected chi connectivity index (χ4v) is 1.68. The van der Waals surface area contributed by atoms with E-state index in [-0.39, 0.29) is 11.9 Å². The van der Waals surface area contributed by atoms with Crippen molar-refractivity contribution in [1.29, 1.82) is 0 Å². The molecule has 2 heteroatoms. The lowest BCUT2D eigenvalue weighted by atomic mass is 9.94. The van der Waals surface area contributed by atoms with Crippen LogP contribution >= 0.6 is 0 Å². The van der Waals surface area contributed by atoms with E-state index in [0.29, 0.717) is 12.3 Å². The van der Waals surface area contributed by atoms with Gasteiger partial charge in [-0.15, -0.1) is 0 Å². The Labute approximate surface area is 81.7 Å². The van der Waals surface area contributed by atoms with E-state index in [0.717, 1.165) is 19.3 Å². The van der Waals surface area contributed by atoms with Gasteiger partial charge in [0.05, 0.1) is 0 Å². The highest BCUT2D eigenvalue weighted by atomic mass is 16.5. The highest BCUT2D eigenvalue weighted by Crippen LogP contribution is 2.15. The number of Topliss-reactive ketones (excluding diaryl/α,β-unsaturated/α-hetero) is 1. The summed E-state index contributed by atoms with van der Waals surface area (Å²) in [5.41, 5.74) is 0. The van der Waals surface area contributed by atoms with Crippen molar-refractivity contribution in [2.24, 2.45) is 5.92 Å². The fourth-order valence-electron chi connectivity index (χ4n) is 1.68. The van der Waals surface area contributed by atoms with Gasteiger partial charge in [-0.3, -0.25) is 4.79 Å². The number of hydrogen-bond donors (Lipinski definition) is 0. The molecule has 0 aromatic carbocycles. The summed E-state index contributed by atoms with van der Waals surface area (Å²) in [6.07, 6.45) is 3.55. The summed E-state index contributed by atoms with van der Waals surface area (Å²) in [6.45, 7) is 6.24. The highest BCUT2D eigenvalue weighted by molar-refractivity contribution is 5.83. The van der Waals surface area contributed by atoms with Crippen LogP contribution in [0.1, 0.15) is 46.5 Å². The van der Waals surface area contributed by atoms with Gasteiger partial charge < -0.3 is 4.74 Å². The molecule has 0 aliphatic heterocycles. The summed E-state index contributed by atoms with van der Waals surface area (Å²) in [6, 6.07) is 0. The molecule has 0 N–H and O–H groups in total. The lowest BCUT2D eigenvalue weighted by Gasteiger charge is -2.20. The van der Waals surface area contributed by atoms with Crippen LogP contribution in [-0.4, -0.2) is 19.0 Å². The topological polar surface area (TPSA) is 26.3 Å². The Kier molecular flexibility index (Phi) is 6.87. The maximum Gasteiger partial charge on any atom is 0.161 e. The minimum Gasteiger partial charge on any atom is -0.373 e. The zero-order valence-corrected chi connectivity index (χ0v) is 9.30. The predicted octanol–water partition coefficient (Wildman–Crippen LogP) is 2.81. The highest BCUT2D eigenvalue weighted by Gasteiger charge is 2.22. The molecule has 0 spiro atoms. The summed E-state index contributed by atoms with van der Waals surface area (Å²) >= 11 is 0. The van der Waals surface area contributed by atoms with E-state index in [1.54, 1.807) is 7.11 Å². The van der Waals surface area contributed by atoms with Crippen LogP contribution in [0.2, 0.25) is 0 Å². The lowest BCUT2D eigenvalue weighted by Crippen LogP contribution is -2.29. The van der Waals surface area contributed by atoms with Gasteiger partial charge in [0, 0.05) is 13.5 Å². The maximum atomic E-state index is 11.6. The van der Waals surface area contributed by atoms with Crippen molar-refractivity contribution in [2.75, 3.05) is 7.11 Å². The largest absolute Gasteiger partial charge is 0.373 e. The molecular formula is C11H22O2. The average molecular weight is 186 g/mol. The number of rotatable bonds is 7. The fraction of sp³-hybridized carbons (Fsp3) is 0.909. The molecule has 0 saturated heterocycles. The molecule has 0 fully saturated rings. The SMILES string of the molecule is CCCC(=O)C(OC)C(C)CCC. The molecule has 2 nitrogen and oxygen atoms in total. The monoisotopic (exact) mass is 186 g/mol. The first-order valence-electron chi connectivity index (χ1n) is 5.22.